The largest absolute Gasteiger partial charge is 0.481 e. The minimum Gasteiger partial charge on any atom is -0.481 e. The number of imidazole rings is 1. The standard InChI is InChI=1S/C40H43N7O6/c1-6-25-20(2)32-16-35-28(11-12-47-19-42-18-24(47)13-29(41)40(52)53)23(5)31(44-35)14-30-21(3)26(7-9-38(48)49)36(45-30)17-37-27(8-10-39(50)51)22(4)33(46-37)15-34(25)43-32/h6,14-19,29H,1,7-13,41H2,2-5H3,(H5,43,44,45,46,48,49,50,51,52,53)/p+1/t29-/m0/s1. The monoisotopic (exact) mass is 718 g/mol. The second kappa shape index (κ2) is 14.9. The molecule has 13 heteroatoms. The zero-order valence-electron chi connectivity index (χ0n) is 30.3. The molecular weight excluding hydrogens is 674 g/mol. The van der Waals surface area contributed by atoms with E-state index in [0.29, 0.717) is 35.7 Å². The maximum atomic E-state index is 11.7. The van der Waals surface area contributed by atoms with Crippen molar-refractivity contribution in [2.45, 2.75) is 78.8 Å². The van der Waals surface area contributed by atoms with Crippen LogP contribution in [-0.4, -0.2) is 64.2 Å². The highest BCUT2D eigenvalue weighted by Crippen LogP contribution is 2.38. The average Bonchev–Trinajstić information content (AvgIpc) is 3.87. The number of aliphatic carboxylic acids is 3. The third-order valence-corrected chi connectivity index (χ3v) is 10.3. The summed E-state index contributed by atoms with van der Waals surface area (Å²) in [5, 5.41) is 28.5. The molecule has 0 amide bonds. The minimum atomic E-state index is -1.06. The van der Waals surface area contributed by atoms with Gasteiger partial charge in [0.2, 0.25) is 6.33 Å². The molecule has 8 bridgehead atoms. The Kier molecular flexibility index (Phi) is 10.3. The van der Waals surface area contributed by atoms with Crippen LogP contribution in [0.4, 0.5) is 0 Å². The van der Waals surface area contributed by atoms with Crippen molar-refractivity contribution in [3.05, 3.63) is 94.1 Å². The second-order valence-corrected chi connectivity index (χ2v) is 13.6. The van der Waals surface area contributed by atoms with Gasteiger partial charge in [-0.1, -0.05) is 12.7 Å². The number of carboxylic acids is 3. The van der Waals surface area contributed by atoms with E-state index >= 15 is 0 Å². The van der Waals surface area contributed by atoms with Crippen LogP contribution < -0.4 is 10.3 Å². The van der Waals surface area contributed by atoms with Crippen LogP contribution in [0.3, 0.4) is 0 Å². The number of carbonyl (C=O) groups is 3. The molecule has 6 rings (SSSR count). The lowest BCUT2D eigenvalue weighted by molar-refractivity contribution is -0.702. The smallest absolute Gasteiger partial charge is 0.320 e. The number of fused-ring (bicyclic) bond motifs is 8. The van der Waals surface area contributed by atoms with Gasteiger partial charge >= 0.3 is 17.9 Å². The van der Waals surface area contributed by atoms with Crippen LogP contribution in [0, 0.1) is 13.8 Å². The number of carboxylic acid groups (broad SMARTS) is 3. The highest BCUT2D eigenvalue weighted by atomic mass is 16.4. The van der Waals surface area contributed by atoms with Crippen molar-refractivity contribution in [3.8, 4) is 0 Å². The summed E-state index contributed by atoms with van der Waals surface area (Å²) in [4.78, 5) is 55.1. The van der Waals surface area contributed by atoms with E-state index < -0.39 is 23.9 Å². The molecule has 2 aliphatic rings. The molecule has 0 saturated heterocycles. The summed E-state index contributed by atoms with van der Waals surface area (Å²) in [7, 11) is 0. The first-order valence-electron chi connectivity index (χ1n) is 17.5. The summed E-state index contributed by atoms with van der Waals surface area (Å²) in [6, 6.07) is 6.84. The van der Waals surface area contributed by atoms with E-state index in [1.165, 1.54) is 0 Å². The molecule has 0 saturated carbocycles. The molecule has 0 aliphatic carbocycles. The Hall–Kier alpha value is -6.08. The number of aromatic amines is 3. The molecular formula is C40H44N7O6+. The molecule has 274 valence electrons. The SMILES string of the molecule is C=Cc1c(C)c2cc3[nH]c(cc4nc(cc5nc(cc1[nH]2)C(C)=C5CCC(=O)O)C(CCC(=O)O)=C4C)c(C)c3CC[n+]1c[nH]cc1C[C@H](N)C(=O)O. The topological polar surface area (TPSA) is 215 Å². The predicted molar refractivity (Wildman–Crippen MR) is 203 cm³/mol. The number of rotatable bonds is 13. The number of nitrogens with two attached hydrogens (primary N) is 1. The number of allylic oxidation sites excluding steroid dienone is 4. The average molecular weight is 719 g/mol. The summed E-state index contributed by atoms with van der Waals surface area (Å²) in [5.41, 5.74) is 19.9. The molecule has 8 N–H and O–H groups in total. The van der Waals surface area contributed by atoms with Crippen molar-refractivity contribution in [1.82, 2.24) is 24.9 Å². The molecule has 4 aromatic heterocycles. The second-order valence-electron chi connectivity index (χ2n) is 13.6. The Balaban J connectivity index is 1.61. The number of hydrogen-bond donors (Lipinski definition) is 7. The fourth-order valence-corrected chi connectivity index (χ4v) is 7.18. The van der Waals surface area contributed by atoms with Crippen LogP contribution >= 0.6 is 0 Å². The molecule has 0 radical (unpaired) electrons. The normalized spacial score (nSPS) is 13.5. The van der Waals surface area contributed by atoms with Crippen molar-refractivity contribution in [2.75, 3.05) is 0 Å². The fraction of sp³-hybridized carbons (Fsp3) is 0.300. The van der Waals surface area contributed by atoms with E-state index in [9.17, 15) is 29.7 Å². The molecule has 0 unspecified atom stereocenters. The lowest BCUT2D eigenvalue weighted by atomic mass is 9.98. The maximum Gasteiger partial charge on any atom is 0.320 e. The minimum absolute atomic E-state index is 0.0693. The van der Waals surface area contributed by atoms with E-state index in [4.69, 9.17) is 15.7 Å². The van der Waals surface area contributed by atoms with Crippen LogP contribution in [0.5, 0.6) is 0 Å². The van der Waals surface area contributed by atoms with Crippen LogP contribution in [-0.2, 0) is 33.8 Å². The van der Waals surface area contributed by atoms with Gasteiger partial charge in [0.25, 0.3) is 0 Å². The number of hydrogen-bond acceptors (Lipinski definition) is 6. The molecule has 1 atom stereocenters. The van der Waals surface area contributed by atoms with Gasteiger partial charge in [-0.3, -0.25) is 14.4 Å². The van der Waals surface area contributed by atoms with Gasteiger partial charge in [-0.15, -0.1) is 0 Å². The van der Waals surface area contributed by atoms with Crippen LogP contribution in [0.1, 0.15) is 90.3 Å². The predicted octanol–water partition coefficient (Wildman–Crippen LogP) is 5.98. The third kappa shape index (κ3) is 7.47. The van der Waals surface area contributed by atoms with E-state index in [-0.39, 0.29) is 32.1 Å². The number of nitrogens with one attached hydrogen (secondary N) is 3. The Morgan fingerprint density at radius 2 is 1.36 bits per heavy atom. The Morgan fingerprint density at radius 3 is 1.92 bits per heavy atom. The van der Waals surface area contributed by atoms with Crippen molar-refractivity contribution in [1.29, 1.82) is 0 Å². The summed E-state index contributed by atoms with van der Waals surface area (Å²) in [6.07, 6.45) is 6.56. The van der Waals surface area contributed by atoms with E-state index in [0.717, 1.165) is 72.3 Å². The van der Waals surface area contributed by atoms with Gasteiger partial charge < -0.3 is 31.0 Å². The Morgan fingerprint density at radius 1 is 0.792 bits per heavy atom. The van der Waals surface area contributed by atoms with Gasteiger partial charge in [0.1, 0.15) is 17.9 Å². The summed E-state index contributed by atoms with van der Waals surface area (Å²) < 4.78 is 1.98. The highest BCUT2D eigenvalue weighted by molar-refractivity contribution is 5.97. The van der Waals surface area contributed by atoms with E-state index in [1.807, 2.05) is 56.8 Å². The Bertz CT molecular complexity index is 2410. The van der Waals surface area contributed by atoms with Gasteiger partial charge in [-0.05, 0) is 104 Å². The first-order valence-corrected chi connectivity index (χ1v) is 17.5. The molecule has 0 fully saturated rings. The van der Waals surface area contributed by atoms with Gasteiger partial charge in [0.05, 0.1) is 29.3 Å². The van der Waals surface area contributed by atoms with E-state index in [2.05, 4.69) is 27.6 Å². The van der Waals surface area contributed by atoms with Crippen LogP contribution in [0.2, 0.25) is 0 Å². The summed E-state index contributed by atoms with van der Waals surface area (Å²) >= 11 is 0. The number of H-pyrrole nitrogens is 3. The summed E-state index contributed by atoms with van der Waals surface area (Å²) in [5.74, 6) is -2.89. The molecule has 6 heterocycles. The molecule has 53 heavy (non-hydrogen) atoms. The van der Waals surface area contributed by atoms with Crippen molar-refractivity contribution < 1.29 is 34.3 Å². The lowest BCUT2D eigenvalue weighted by Crippen LogP contribution is -2.41. The maximum absolute atomic E-state index is 11.7. The fourth-order valence-electron chi connectivity index (χ4n) is 7.18. The van der Waals surface area contributed by atoms with Crippen molar-refractivity contribution >= 4 is 68.3 Å². The highest BCUT2D eigenvalue weighted by Gasteiger charge is 2.24. The van der Waals surface area contributed by atoms with Crippen LogP contribution in [0.15, 0.2) is 43.4 Å². The molecule has 0 spiro atoms. The summed E-state index contributed by atoms with van der Waals surface area (Å²) in [6.45, 7) is 12.6. The third-order valence-electron chi connectivity index (χ3n) is 10.3. The number of aromatic nitrogens is 6. The zero-order chi connectivity index (χ0) is 38.1. The first kappa shape index (κ1) is 36.7. The van der Waals surface area contributed by atoms with Crippen molar-refractivity contribution in [2.24, 2.45) is 5.73 Å². The van der Waals surface area contributed by atoms with E-state index in [1.54, 1.807) is 12.3 Å². The zero-order valence-corrected chi connectivity index (χ0v) is 30.3. The van der Waals surface area contributed by atoms with Gasteiger partial charge in [-0.25, -0.2) is 19.5 Å². The Labute approximate surface area is 305 Å². The molecule has 2 aliphatic heterocycles. The number of nitrogens with zero attached hydrogens (tertiary/aromatic N) is 3. The molecule has 0 aromatic carbocycles. The number of aryl methyl sites for hydroxylation is 4. The van der Waals surface area contributed by atoms with Crippen LogP contribution in [0.25, 0.3) is 50.4 Å². The van der Waals surface area contributed by atoms with Gasteiger partial charge in [0, 0.05) is 53.3 Å². The van der Waals surface area contributed by atoms with Gasteiger partial charge in [0.15, 0.2) is 0 Å². The quantitative estimate of drug-likeness (QED) is 0.0809. The lowest BCUT2D eigenvalue weighted by Gasteiger charge is -2.06. The van der Waals surface area contributed by atoms with Gasteiger partial charge in [-0.2, -0.15) is 0 Å². The molecule has 4 aromatic rings. The van der Waals surface area contributed by atoms with Crippen molar-refractivity contribution in [3.63, 3.8) is 0 Å². The first-order chi connectivity index (χ1) is 25.2. The molecule has 13 nitrogen and oxygen atoms in total.